The zero-order chi connectivity index (χ0) is 21.9. The summed E-state index contributed by atoms with van der Waals surface area (Å²) >= 11 is 5.80. The SMILES string of the molecule is CCc1cccc(CC)c1NC(=O)Oc1cnn(-c2ccc(Cl)cc2)c1C(F)(F)F. The zero-order valence-electron chi connectivity index (χ0n) is 16.3. The van der Waals surface area contributed by atoms with Crippen LogP contribution >= 0.6 is 11.6 Å². The molecule has 2 aromatic carbocycles. The second-order valence-corrected chi connectivity index (χ2v) is 6.85. The number of para-hydroxylation sites is 1. The van der Waals surface area contributed by atoms with Gasteiger partial charge in [0.25, 0.3) is 0 Å². The smallest absolute Gasteiger partial charge is 0.406 e. The Kier molecular flexibility index (Phi) is 6.36. The Morgan fingerprint density at radius 2 is 1.70 bits per heavy atom. The van der Waals surface area contributed by atoms with E-state index in [0.29, 0.717) is 28.2 Å². The maximum atomic E-state index is 13.7. The Labute approximate surface area is 176 Å². The fourth-order valence-corrected chi connectivity index (χ4v) is 3.20. The molecule has 3 aromatic rings. The predicted octanol–water partition coefficient (Wildman–Crippen LogP) is 6.28. The maximum absolute atomic E-state index is 13.7. The molecule has 1 heterocycles. The summed E-state index contributed by atoms with van der Waals surface area (Å²) in [6, 6.07) is 11.2. The van der Waals surface area contributed by atoms with Gasteiger partial charge in [-0.1, -0.05) is 43.6 Å². The second kappa shape index (κ2) is 8.79. The minimum Gasteiger partial charge on any atom is -0.406 e. The minimum atomic E-state index is -4.80. The number of aromatic nitrogens is 2. The van der Waals surface area contributed by atoms with Crippen molar-refractivity contribution in [1.82, 2.24) is 9.78 Å². The molecule has 0 saturated heterocycles. The first-order chi connectivity index (χ1) is 14.2. The van der Waals surface area contributed by atoms with Gasteiger partial charge >= 0.3 is 12.3 Å². The molecule has 1 amide bonds. The molecule has 158 valence electrons. The number of amides is 1. The summed E-state index contributed by atoms with van der Waals surface area (Å²) in [6.45, 7) is 3.84. The van der Waals surface area contributed by atoms with Crippen LogP contribution in [0.1, 0.15) is 30.7 Å². The van der Waals surface area contributed by atoms with Gasteiger partial charge in [-0.2, -0.15) is 18.3 Å². The first-order valence-corrected chi connectivity index (χ1v) is 9.63. The molecule has 0 unspecified atom stereocenters. The van der Waals surface area contributed by atoms with Crippen LogP contribution in [-0.4, -0.2) is 15.9 Å². The third kappa shape index (κ3) is 4.59. The minimum absolute atomic E-state index is 0.131. The Bertz CT molecular complexity index is 1020. The molecule has 0 aliphatic heterocycles. The van der Waals surface area contributed by atoms with E-state index < -0.39 is 23.7 Å². The molecular formula is C21H19ClF3N3O2. The molecule has 0 aliphatic rings. The van der Waals surface area contributed by atoms with E-state index in [4.69, 9.17) is 16.3 Å². The van der Waals surface area contributed by atoms with Crippen molar-refractivity contribution >= 4 is 23.4 Å². The monoisotopic (exact) mass is 437 g/mol. The van der Waals surface area contributed by atoms with Gasteiger partial charge in [-0.15, -0.1) is 0 Å². The summed E-state index contributed by atoms with van der Waals surface area (Å²) in [5.74, 6) is -0.693. The lowest BCUT2D eigenvalue weighted by molar-refractivity contribution is -0.143. The molecule has 0 aliphatic carbocycles. The molecule has 3 rings (SSSR count). The summed E-state index contributed by atoms with van der Waals surface area (Å²) in [5, 5.41) is 6.71. The van der Waals surface area contributed by atoms with Crippen molar-refractivity contribution in [2.24, 2.45) is 0 Å². The number of carbonyl (C=O) groups is 1. The highest BCUT2D eigenvalue weighted by Gasteiger charge is 2.40. The van der Waals surface area contributed by atoms with E-state index in [1.165, 1.54) is 24.3 Å². The van der Waals surface area contributed by atoms with Crippen molar-refractivity contribution < 1.29 is 22.7 Å². The van der Waals surface area contributed by atoms with Crippen molar-refractivity contribution in [3.63, 3.8) is 0 Å². The summed E-state index contributed by atoms with van der Waals surface area (Å²) in [5.41, 5.74) is 1.20. The molecule has 0 radical (unpaired) electrons. The highest BCUT2D eigenvalue weighted by Crippen LogP contribution is 2.38. The molecule has 1 aromatic heterocycles. The second-order valence-electron chi connectivity index (χ2n) is 6.42. The van der Waals surface area contributed by atoms with E-state index in [2.05, 4.69) is 10.4 Å². The van der Waals surface area contributed by atoms with Crippen molar-refractivity contribution in [2.45, 2.75) is 32.9 Å². The van der Waals surface area contributed by atoms with Crippen LogP contribution in [0.3, 0.4) is 0 Å². The topological polar surface area (TPSA) is 56.1 Å². The van der Waals surface area contributed by atoms with Gasteiger partial charge in [0.05, 0.1) is 17.6 Å². The van der Waals surface area contributed by atoms with Crippen LogP contribution in [0.25, 0.3) is 5.69 Å². The van der Waals surface area contributed by atoms with Crippen molar-refractivity contribution in [1.29, 1.82) is 0 Å². The van der Waals surface area contributed by atoms with Crippen LogP contribution in [0.4, 0.5) is 23.7 Å². The van der Waals surface area contributed by atoms with Crippen LogP contribution in [0.5, 0.6) is 5.75 Å². The number of alkyl halides is 3. The van der Waals surface area contributed by atoms with Gasteiger partial charge in [-0.05, 0) is 48.2 Å². The number of carbonyl (C=O) groups excluding carboxylic acids is 1. The molecular weight excluding hydrogens is 419 g/mol. The van der Waals surface area contributed by atoms with E-state index in [1.54, 1.807) is 0 Å². The highest BCUT2D eigenvalue weighted by molar-refractivity contribution is 6.30. The normalized spacial score (nSPS) is 11.4. The van der Waals surface area contributed by atoms with Crippen LogP contribution in [0.2, 0.25) is 5.02 Å². The van der Waals surface area contributed by atoms with Gasteiger partial charge in [-0.3, -0.25) is 5.32 Å². The number of nitrogens with one attached hydrogen (secondary N) is 1. The Hall–Kier alpha value is -3.00. The lowest BCUT2D eigenvalue weighted by atomic mass is 10.0. The van der Waals surface area contributed by atoms with Gasteiger partial charge in [0.2, 0.25) is 0 Å². The lowest BCUT2D eigenvalue weighted by Crippen LogP contribution is -2.21. The van der Waals surface area contributed by atoms with Gasteiger partial charge in [0.15, 0.2) is 11.4 Å². The van der Waals surface area contributed by atoms with Gasteiger partial charge < -0.3 is 4.74 Å². The number of halogens is 4. The van der Waals surface area contributed by atoms with Crippen molar-refractivity contribution in [3.05, 3.63) is 70.5 Å². The number of hydrogen-bond acceptors (Lipinski definition) is 3. The van der Waals surface area contributed by atoms with Crippen LogP contribution in [0, 0.1) is 0 Å². The molecule has 9 heteroatoms. The van der Waals surface area contributed by atoms with E-state index in [0.717, 1.165) is 17.3 Å². The number of aryl methyl sites for hydroxylation is 2. The van der Waals surface area contributed by atoms with Crippen molar-refractivity contribution in [3.8, 4) is 11.4 Å². The quantitative estimate of drug-likeness (QED) is 0.511. The van der Waals surface area contributed by atoms with Crippen LogP contribution in [-0.2, 0) is 19.0 Å². The summed E-state index contributed by atoms with van der Waals surface area (Å²) in [7, 11) is 0. The van der Waals surface area contributed by atoms with E-state index in [9.17, 15) is 18.0 Å². The molecule has 0 spiro atoms. The number of rotatable bonds is 5. The molecule has 1 N–H and O–H groups in total. The third-order valence-electron chi connectivity index (χ3n) is 4.50. The first-order valence-electron chi connectivity index (χ1n) is 9.25. The van der Waals surface area contributed by atoms with Crippen LogP contribution < -0.4 is 10.1 Å². The molecule has 5 nitrogen and oxygen atoms in total. The summed E-state index contributed by atoms with van der Waals surface area (Å²) in [4.78, 5) is 12.4. The number of anilines is 1. The standard InChI is InChI=1S/C21H19ClF3N3O2/c1-3-13-6-5-7-14(4-2)18(13)27-20(29)30-17-12-26-28(19(17)21(23,24)25)16-10-8-15(22)9-11-16/h5-12H,3-4H2,1-2H3,(H,27,29). The Morgan fingerprint density at radius 3 is 2.23 bits per heavy atom. The fourth-order valence-electron chi connectivity index (χ4n) is 3.08. The van der Waals surface area contributed by atoms with Crippen LogP contribution in [0.15, 0.2) is 48.7 Å². The average Bonchev–Trinajstić information content (AvgIpc) is 3.12. The molecule has 0 saturated carbocycles. The molecule has 30 heavy (non-hydrogen) atoms. The number of nitrogens with zero attached hydrogens (tertiary/aromatic N) is 2. The summed E-state index contributed by atoms with van der Waals surface area (Å²) < 4.78 is 46.9. The summed E-state index contributed by atoms with van der Waals surface area (Å²) in [6.07, 6.45) is -3.67. The number of benzene rings is 2. The van der Waals surface area contributed by atoms with E-state index >= 15 is 0 Å². The lowest BCUT2D eigenvalue weighted by Gasteiger charge is -2.15. The Morgan fingerprint density at radius 1 is 1.10 bits per heavy atom. The zero-order valence-corrected chi connectivity index (χ0v) is 17.0. The molecule has 0 atom stereocenters. The van der Waals surface area contributed by atoms with Gasteiger partial charge in [0.1, 0.15) is 0 Å². The largest absolute Gasteiger partial charge is 0.437 e. The first kappa shape index (κ1) is 21.7. The number of hydrogen-bond donors (Lipinski definition) is 1. The number of ether oxygens (including phenoxy) is 1. The van der Waals surface area contributed by atoms with E-state index in [-0.39, 0.29) is 5.69 Å². The van der Waals surface area contributed by atoms with Gasteiger partial charge in [0, 0.05) is 5.02 Å². The average molecular weight is 438 g/mol. The van der Waals surface area contributed by atoms with Gasteiger partial charge in [-0.25, -0.2) is 9.48 Å². The third-order valence-corrected chi connectivity index (χ3v) is 4.76. The van der Waals surface area contributed by atoms with E-state index in [1.807, 2.05) is 32.0 Å². The Balaban J connectivity index is 1.92. The highest BCUT2D eigenvalue weighted by atomic mass is 35.5. The fraction of sp³-hybridized carbons (Fsp3) is 0.238. The van der Waals surface area contributed by atoms with Crippen molar-refractivity contribution in [2.75, 3.05) is 5.32 Å². The predicted molar refractivity (Wildman–Crippen MR) is 108 cm³/mol. The molecule has 0 bridgehead atoms. The maximum Gasteiger partial charge on any atom is 0.437 e. The molecule has 0 fully saturated rings.